The Bertz CT molecular complexity index is 621. The number of hydrogen-bond acceptors (Lipinski definition) is 2. The molecule has 0 aliphatic heterocycles. The van der Waals surface area contributed by atoms with Crippen molar-refractivity contribution in [3.63, 3.8) is 0 Å². The van der Waals surface area contributed by atoms with E-state index in [0.29, 0.717) is 15.2 Å². The first-order chi connectivity index (χ1) is 9.56. The van der Waals surface area contributed by atoms with Gasteiger partial charge in [0.15, 0.2) is 0 Å². The summed E-state index contributed by atoms with van der Waals surface area (Å²) in [5.74, 6) is 0.328. The fourth-order valence-corrected chi connectivity index (χ4v) is 2.59. The average molecular weight is 359 g/mol. The van der Waals surface area contributed by atoms with E-state index in [0.717, 1.165) is 11.1 Å². The van der Waals surface area contributed by atoms with Gasteiger partial charge in [0, 0.05) is 0 Å². The third kappa shape index (κ3) is 3.14. The van der Waals surface area contributed by atoms with Crippen LogP contribution in [0.5, 0.6) is 5.75 Å². The number of methoxy groups -OCH3 is 1. The summed E-state index contributed by atoms with van der Waals surface area (Å²) in [7, 11) is 3.39. The molecule has 0 aliphatic rings. The lowest BCUT2D eigenvalue weighted by atomic mass is 9.98. The van der Waals surface area contributed by atoms with Crippen LogP contribution in [-0.4, -0.2) is 14.2 Å². The first-order valence-corrected chi connectivity index (χ1v) is 7.19. The molecule has 0 heterocycles. The van der Waals surface area contributed by atoms with Gasteiger partial charge in [0.05, 0.1) is 22.6 Å². The van der Waals surface area contributed by atoms with Gasteiger partial charge in [-0.15, -0.1) is 0 Å². The zero-order valence-corrected chi connectivity index (χ0v) is 13.4. The second-order valence-electron chi connectivity index (χ2n) is 4.29. The molecular formula is C15H14BrClFNO. The van der Waals surface area contributed by atoms with Crippen molar-refractivity contribution in [1.82, 2.24) is 5.32 Å². The maximum Gasteiger partial charge on any atom is 0.137 e. The van der Waals surface area contributed by atoms with Gasteiger partial charge in [-0.25, -0.2) is 4.39 Å². The summed E-state index contributed by atoms with van der Waals surface area (Å²) in [5, 5.41) is 3.69. The lowest BCUT2D eigenvalue weighted by Crippen LogP contribution is -2.17. The van der Waals surface area contributed by atoms with E-state index in [4.69, 9.17) is 16.3 Å². The molecule has 2 aromatic rings. The molecule has 1 N–H and O–H groups in total. The van der Waals surface area contributed by atoms with Crippen molar-refractivity contribution in [1.29, 1.82) is 0 Å². The molecule has 1 atom stereocenters. The predicted molar refractivity (Wildman–Crippen MR) is 83.0 cm³/mol. The average Bonchev–Trinajstić information content (AvgIpc) is 2.44. The Balaban J connectivity index is 2.41. The third-order valence-corrected chi connectivity index (χ3v) is 4.01. The van der Waals surface area contributed by atoms with Gasteiger partial charge >= 0.3 is 0 Å². The highest BCUT2D eigenvalue weighted by atomic mass is 79.9. The monoisotopic (exact) mass is 357 g/mol. The van der Waals surface area contributed by atoms with E-state index in [1.807, 2.05) is 25.2 Å². The predicted octanol–water partition coefficient (Wildman–Crippen LogP) is 4.56. The number of rotatable bonds is 4. The van der Waals surface area contributed by atoms with E-state index in [2.05, 4.69) is 21.2 Å². The van der Waals surface area contributed by atoms with Crippen LogP contribution in [0.1, 0.15) is 17.2 Å². The molecule has 0 bridgehead atoms. The number of hydrogen-bond donors (Lipinski definition) is 1. The van der Waals surface area contributed by atoms with Crippen LogP contribution in [0.4, 0.5) is 4.39 Å². The molecule has 5 heteroatoms. The summed E-state index contributed by atoms with van der Waals surface area (Å²) in [4.78, 5) is 0. The van der Waals surface area contributed by atoms with Crippen LogP contribution in [0.25, 0.3) is 0 Å². The molecule has 1 unspecified atom stereocenters. The topological polar surface area (TPSA) is 21.3 Å². The minimum Gasteiger partial charge on any atom is -0.495 e. The molecule has 0 radical (unpaired) electrons. The Kier molecular flexibility index (Phi) is 5.02. The highest BCUT2D eigenvalue weighted by Crippen LogP contribution is 2.31. The van der Waals surface area contributed by atoms with Gasteiger partial charge in [-0.05, 0) is 58.4 Å². The molecule has 20 heavy (non-hydrogen) atoms. The summed E-state index contributed by atoms with van der Waals surface area (Å²) < 4.78 is 19.3. The Labute approximate surface area is 131 Å². The molecule has 0 fully saturated rings. The Morgan fingerprint density at radius 2 is 1.85 bits per heavy atom. The Hall–Kier alpha value is -1.10. The smallest absolute Gasteiger partial charge is 0.137 e. The molecule has 0 saturated carbocycles. The van der Waals surface area contributed by atoms with Gasteiger partial charge in [-0.3, -0.25) is 0 Å². The van der Waals surface area contributed by atoms with Crippen molar-refractivity contribution in [3.8, 4) is 5.75 Å². The lowest BCUT2D eigenvalue weighted by molar-refractivity contribution is 0.414. The zero-order valence-electron chi connectivity index (χ0n) is 11.1. The normalized spacial score (nSPS) is 12.2. The van der Waals surface area contributed by atoms with E-state index in [-0.39, 0.29) is 11.9 Å². The van der Waals surface area contributed by atoms with Crippen molar-refractivity contribution < 1.29 is 9.13 Å². The second kappa shape index (κ2) is 6.57. The minimum absolute atomic E-state index is 0.138. The van der Waals surface area contributed by atoms with Gasteiger partial charge < -0.3 is 10.1 Å². The van der Waals surface area contributed by atoms with Gasteiger partial charge in [0.25, 0.3) is 0 Å². The molecule has 0 amide bonds. The van der Waals surface area contributed by atoms with E-state index in [1.165, 1.54) is 6.07 Å². The minimum atomic E-state index is -0.289. The van der Waals surface area contributed by atoms with Crippen LogP contribution >= 0.6 is 27.5 Å². The van der Waals surface area contributed by atoms with Gasteiger partial charge in [-0.1, -0.05) is 23.7 Å². The summed E-state index contributed by atoms with van der Waals surface area (Å²) >= 11 is 9.29. The summed E-state index contributed by atoms with van der Waals surface area (Å²) in [5.41, 5.74) is 1.77. The number of nitrogens with one attached hydrogen (secondary N) is 1. The number of benzene rings is 2. The largest absolute Gasteiger partial charge is 0.495 e. The first kappa shape index (κ1) is 15.3. The first-order valence-electron chi connectivity index (χ1n) is 6.02. The second-order valence-corrected chi connectivity index (χ2v) is 5.55. The number of halogens is 3. The van der Waals surface area contributed by atoms with Crippen LogP contribution in [0.3, 0.4) is 0 Å². The lowest BCUT2D eigenvalue weighted by Gasteiger charge is -2.18. The van der Waals surface area contributed by atoms with Crippen molar-refractivity contribution in [2.24, 2.45) is 0 Å². The van der Waals surface area contributed by atoms with Crippen LogP contribution in [0.15, 0.2) is 40.9 Å². The van der Waals surface area contributed by atoms with Crippen LogP contribution < -0.4 is 10.1 Å². The quantitative estimate of drug-likeness (QED) is 0.865. The third-order valence-electron chi connectivity index (χ3n) is 3.07. The van der Waals surface area contributed by atoms with Gasteiger partial charge in [0.2, 0.25) is 0 Å². The number of ether oxygens (including phenoxy) is 1. The molecular weight excluding hydrogens is 345 g/mol. The van der Waals surface area contributed by atoms with E-state index < -0.39 is 0 Å². The fraction of sp³-hybridized carbons (Fsp3) is 0.200. The maximum atomic E-state index is 13.7. The fourth-order valence-electron chi connectivity index (χ4n) is 2.08. The molecule has 0 saturated heterocycles. The molecule has 2 rings (SSSR count). The van der Waals surface area contributed by atoms with E-state index in [1.54, 1.807) is 19.2 Å². The zero-order chi connectivity index (χ0) is 14.7. The van der Waals surface area contributed by atoms with Gasteiger partial charge in [0.1, 0.15) is 11.6 Å². The molecule has 0 aromatic heterocycles. The summed E-state index contributed by atoms with van der Waals surface area (Å²) in [6, 6.07) is 10.5. The molecule has 106 valence electrons. The maximum absolute atomic E-state index is 13.7. The van der Waals surface area contributed by atoms with E-state index >= 15 is 0 Å². The standard InChI is InChI=1S/C15H14BrClFNO/c1-19-15(10-3-5-11(16)13(18)8-10)9-4-6-14(20-2)12(17)7-9/h3-8,15,19H,1-2H3. The summed E-state index contributed by atoms with van der Waals surface area (Å²) in [6.45, 7) is 0. The molecule has 0 aliphatic carbocycles. The molecule has 2 aromatic carbocycles. The summed E-state index contributed by atoms with van der Waals surface area (Å²) in [6.07, 6.45) is 0. The van der Waals surface area contributed by atoms with Gasteiger partial charge in [-0.2, -0.15) is 0 Å². The van der Waals surface area contributed by atoms with Crippen molar-refractivity contribution in [3.05, 3.63) is 62.8 Å². The highest BCUT2D eigenvalue weighted by molar-refractivity contribution is 9.10. The van der Waals surface area contributed by atoms with Crippen LogP contribution in [-0.2, 0) is 0 Å². The van der Waals surface area contributed by atoms with Crippen molar-refractivity contribution in [2.45, 2.75) is 6.04 Å². The van der Waals surface area contributed by atoms with E-state index in [9.17, 15) is 4.39 Å². The Morgan fingerprint density at radius 1 is 1.20 bits per heavy atom. The van der Waals surface area contributed by atoms with Crippen LogP contribution in [0, 0.1) is 5.82 Å². The Morgan fingerprint density at radius 3 is 2.40 bits per heavy atom. The SMILES string of the molecule is CNC(c1ccc(Br)c(F)c1)c1ccc(OC)c(Cl)c1. The van der Waals surface area contributed by atoms with Crippen molar-refractivity contribution >= 4 is 27.5 Å². The van der Waals surface area contributed by atoms with Crippen molar-refractivity contribution in [2.75, 3.05) is 14.2 Å². The molecule has 2 nitrogen and oxygen atoms in total. The molecule has 0 spiro atoms. The highest BCUT2D eigenvalue weighted by Gasteiger charge is 2.15. The van der Waals surface area contributed by atoms with Crippen LogP contribution in [0.2, 0.25) is 5.02 Å².